The maximum atomic E-state index is 14.6. The van der Waals surface area contributed by atoms with E-state index in [-0.39, 0.29) is 12.0 Å². The van der Waals surface area contributed by atoms with Crippen LogP contribution in [0.4, 0.5) is 9.18 Å². The number of amides is 2. The molecule has 0 fully saturated rings. The minimum atomic E-state index is -0.595. The number of carbonyl (C=O) groups excluding carboxylic acids is 2. The van der Waals surface area contributed by atoms with Crippen LogP contribution in [-0.2, 0) is 11.3 Å². The Kier molecular flexibility index (Phi) is 7.01. The fourth-order valence-electron chi connectivity index (χ4n) is 5.82. The van der Waals surface area contributed by atoms with E-state index in [4.69, 9.17) is 9.47 Å². The monoisotopic (exact) mass is 567 g/mol. The number of carbonyl (C=O) groups is 2. The van der Waals surface area contributed by atoms with Crippen molar-refractivity contribution in [1.29, 1.82) is 0 Å². The van der Waals surface area contributed by atoms with E-state index in [1.807, 2.05) is 75.4 Å². The van der Waals surface area contributed by atoms with Crippen molar-refractivity contribution >= 4 is 28.5 Å². The number of H-pyrrole nitrogens is 1. The second-order valence-electron chi connectivity index (χ2n) is 11.8. The maximum Gasteiger partial charge on any atom is 0.410 e. The van der Waals surface area contributed by atoms with Crippen LogP contribution in [0.25, 0.3) is 16.5 Å². The number of fused-ring (bicyclic) bond motifs is 2. The highest BCUT2D eigenvalue weighted by molar-refractivity contribution is 6.00. The normalized spacial score (nSPS) is 15.9. The molecule has 216 valence electrons. The van der Waals surface area contributed by atoms with Crippen molar-refractivity contribution in [2.45, 2.75) is 45.4 Å². The zero-order chi connectivity index (χ0) is 29.6. The van der Waals surface area contributed by atoms with Gasteiger partial charge in [-0.3, -0.25) is 4.79 Å². The van der Waals surface area contributed by atoms with Gasteiger partial charge in [0.15, 0.2) is 0 Å². The number of nitrogens with zero attached hydrogens (tertiary/aromatic N) is 2. The van der Waals surface area contributed by atoms with Gasteiger partial charge in [-0.15, -0.1) is 0 Å². The van der Waals surface area contributed by atoms with Crippen LogP contribution in [0, 0.1) is 5.82 Å². The van der Waals surface area contributed by atoms with Crippen LogP contribution in [0.15, 0.2) is 72.8 Å². The summed E-state index contributed by atoms with van der Waals surface area (Å²) in [5, 5.41) is 1.00. The van der Waals surface area contributed by atoms with Crippen molar-refractivity contribution in [2.24, 2.45) is 0 Å². The summed E-state index contributed by atoms with van der Waals surface area (Å²) in [7, 11) is 1.55. The molecule has 3 aromatic carbocycles. The summed E-state index contributed by atoms with van der Waals surface area (Å²) >= 11 is 0. The van der Waals surface area contributed by atoms with Crippen molar-refractivity contribution in [1.82, 2.24) is 14.8 Å². The third kappa shape index (κ3) is 5.24. The maximum absolute atomic E-state index is 14.6. The first-order valence-corrected chi connectivity index (χ1v) is 14.1. The molecule has 7 nitrogen and oxygen atoms in total. The van der Waals surface area contributed by atoms with E-state index in [0.29, 0.717) is 42.9 Å². The van der Waals surface area contributed by atoms with E-state index in [1.54, 1.807) is 23.0 Å². The van der Waals surface area contributed by atoms with Crippen LogP contribution in [-0.4, -0.2) is 52.6 Å². The number of para-hydroxylation sites is 1. The smallest absolute Gasteiger partial charge is 0.410 e. The Labute approximate surface area is 244 Å². The van der Waals surface area contributed by atoms with E-state index >= 15 is 0 Å². The van der Waals surface area contributed by atoms with Crippen LogP contribution >= 0.6 is 0 Å². The Morgan fingerprint density at radius 3 is 2.57 bits per heavy atom. The summed E-state index contributed by atoms with van der Waals surface area (Å²) < 4.78 is 25.8. The zero-order valence-electron chi connectivity index (χ0n) is 24.2. The molecule has 0 bridgehead atoms. The van der Waals surface area contributed by atoms with Crippen LogP contribution < -0.4 is 4.74 Å². The lowest BCUT2D eigenvalue weighted by Gasteiger charge is -2.29. The van der Waals surface area contributed by atoms with Gasteiger partial charge in [0, 0.05) is 42.0 Å². The number of methoxy groups -OCH3 is 1. The molecule has 0 radical (unpaired) electrons. The number of nitrogens with one attached hydrogen (secondary N) is 1. The molecule has 0 unspecified atom stereocenters. The second kappa shape index (κ2) is 10.7. The largest absolute Gasteiger partial charge is 0.496 e. The lowest BCUT2D eigenvalue weighted by atomic mass is 9.96. The van der Waals surface area contributed by atoms with Crippen molar-refractivity contribution < 1.29 is 23.5 Å². The highest BCUT2D eigenvalue weighted by atomic mass is 19.1. The van der Waals surface area contributed by atoms with Crippen LogP contribution in [0.2, 0.25) is 0 Å². The molecule has 2 amide bonds. The molecule has 0 aliphatic carbocycles. The van der Waals surface area contributed by atoms with Gasteiger partial charge in [0.05, 0.1) is 7.11 Å². The van der Waals surface area contributed by atoms with Gasteiger partial charge in [-0.1, -0.05) is 36.4 Å². The number of aromatic nitrogens is 1. The van der Waals surface area contributed by atoms with Gasteiger partial charge >= 0.3 is 6.09 Å². The number of ether oxygens (including phenoxy) is 2. The number of hydrogen-bond acceptors (Lipinski definition) is 4. The van der Waals surface area contributed by atoms with Crippen LogP contribution in [0.3, 0.4) is 0 Å². The summed E-state index contributed by atoms with van der Waals surface area (Å²) in [6, 6.07) is 19.7. The van der Waals surface area contributed by atoms with Gasteiger partial charge in [0.2, 0.25) is 0 Å². The summed E-state index contributed by atoms with van der Waals surface area (Å²) in [6.45, 7) is 6.93. The van der Waals surface area contributed by atoms with Crippen molar-refractivity contribution in [3.63, 3.8) is 0 Å². The number of hydrogen-bond donors (Lipinski definition) is 1. The van der Waals surface area contributed by atoms with E-state index in [1.165, 1.54) is 12.1 Å². The Morgan fingerprint density at radius 1 is 1.05 bits per heavy atom. The number of rotatable bonds is 5. The standard InChI is InChI=1S/C34H34FN3O4/c1-34(2,3)42-33(40)37-15-13-21(14-16-37)22-9-10-24-20-38(32(39)26(24)17-22)31(27-19-25(35)11-12-30(27)41-4)29-18-23-7-5-6-8-28(23)36-29/h5-13,17-19,31,36H,14-16,20H2,1-4H3/t31-/m1/s1. The predicted octanol–water partition coefficient (Wildman–Crippen LogP) is 7.09. The van der Waals surface area contributed by atoms with Crippen molar-refractivity contribution in [3.05, 3.63) is 107 Å². The molecular weight excluding hydrogens is 533 g/mol. The van der Waals surface area contributed by atoms with Gasteiger partial charge in [-0.25, -0.2) is 9.18 Å². The third-order valence-electron chi connectivity index (χ3n) is 7.82. The molecule has 2 aliphatic rings. The average Bonchev–Trinajstić information content (AvgIpc) is 3.53. The van der Waals surface area contributed by atoms with Crippen LogP contribution in [0.1, 0.15) is 66.0 Å². The van der Waals surface area contributed by atoms with Crippen LogP contribution in [0.5, 0.6) is 5.75 Å². The molecule has 0 saturated heterocycles. The molecule has 42 heavy (non-hydrogen) atoms. The molecule has 1 aromatic heterocycles. The number of halogens is 1. The Bertz CT molecular complexity index is 1680. The zero-order valence-corrected chi connectivity index (χ0v) is 24.2. The predicted molar refractivity (Wildman–Crippen MR) is 160 cm³/mol. The lowest BCUT2D eigenvalue weighted by molar-refractivity contribution is 0.0270. The van der Waals surface area contributed by atoms with Gasteiger partial charge in [0.1, 0.15) is 23.2 Å². The van der Waals surface area contributed by atoms with Gasteiger partial charge < -0.3 is 24.3 Å². The van der Waals surface area contributed by atoms with Crippen molar-refractivity contribution in [2.75, 3.05) is 20.2 Å². The SMILES string of the molecule is COc1ccc(F)cc1[C@H](c1cc2ccccc2[nH]1)N1Cc2ccc(C3=CCN(C(=O)OC(C)(C)C)CC3)cc2C1=O. The molecule has 8 heteroatoms. The van der Waals surface area contributed by atoms with E-state index in [0.717, 1.165) is 33.3 Å². The minimum Gasteiger partial charge on any atom is -0.496 e. The second-order valence-corrected chi connectivity index (χ2v) is 11.8. The first-order valence-electron chi connectivity index (χ1n) is 14.1. The number of benzene rings is 3. The molecule has 2 aliphatic heterocycles. The Hall–Kier alpha value is -4.59. The highest BCUT2D eigenvalue weighted by Gasteiger charge is 2.37. The summed E-state index contributed by atoms with van der Waals surface area (Å²) in [5.74, 6) is -0.0250. The molecule has 6 rings (SSSR count). The molecule has 3 heterocycles. The summed E-state index contributed by atoms with van der Waals surface area (Å²) in [5.41, 5.74) is 5.31. The van der Waals surface area contributed by atoms with Crippen molar-refractivity contribution in [3.8, 4) is 5.75 Å². The fraction of sp³-hybridized carbons (Fsp3) is 0.294. The fourth-order valence-corrected chi connectivity index (χ4v) is 5.82. The lowest BCUT2D eigenvalue weighted by Crippen LogP contribution is -2.39. The van der Waals surface area contributed by atoms with E-state index in [2.05, 4.69) is 4.98 Å². The molecular formula is C34H34FN3O4. The summed E-state index contributed by atoms with van der Waals surface area (Å²) in [6.07, 6.45) is 2.36. The molecule has 1 atom stereocenters. The third-order valence-corrected chi connectivity index (χ3v) is 7.82. The molecule has 0 spiro atoms. The first kappa shape index (κ1) is 27.6. The molecule has 4 aromatic rings. The molecule has 0 saturated carbocycles. The average molecular weight is 568 g/mol. The van der Waals surface area contributed by atoms with E-state index < -0.39 is 17.5 Å². The van der Waals surface area contributed by atoms with Gasteiger partial charge in [-0.05, 0) is 85.7 Å². The van der Waals surface area contributed by atoms with Gasteiger partial charge in [-0.2, -0.15) is 0 Å². The first-order chi connectivity index (χ1) is 20.1. The van der Waals surface area contributed by atoms with Gasteiger partial charge in [0.25, 0.3) is 5.91 Å². The van der Waals surface area contributed by atoms with E-state index in [9.17, 15) is 14.0 Å². The quantitative estimate of drug-likeness (QED) is 0.280. The summed E-state index contributed by atoms with van der Waals surface area (Å²) in [4.78, 5) is 33.5. The Morgan fingerprint density at radius 2 is 1.86 bits per heavy atom. The highest BCUT2D eigenvalue weighted by Crippen LogP contribution is 2.41. The topological polar surface area (TPSA) is 74.9 Å². The minimum absolute atomic E-state index is 0.131. The Balaban J connectivity index is 1.32. The number of aromatic amines is 1. The molecule has 1 N–H and O–H groups in total.